The van der Waals surface area contributed by atoms with Crippen molar-refractivity contribution >= 4 is 11.3 Å². The lowest BCUT2D eigenvalue weighted by Crippen LogP contribution is -2.29. The Kier molecular flexibility index (Phi) is 4.94. The zero-order valence-electron chi connectivity index (χ0n) is 11.8. The monoisotopic (exact) mass is 293 g/mol. The molecule has 1 atom stereocenters. The van der Waals surface area contributed by atoms with Gasteiger partial charge in [0.05, 0.1) is 25.3 Å². The van der Waals surface area contributed by atoms with Crippen LogP contribution in [-0.2, 0) is 6.42 Å². The van der Waals surface area contributed by atoms with E-state index in [0.29, 0.717) is 0 Å². The molecule has 1 heterocycles. The first-order valence-corrected chi connectivity index (χ1v) is 7.15. The number of nitrogens with zero attached hydrogens (tertiary/aromatic N) is 1. The van der Waals surface area contributed by atoms with Crippen molar-refractivity contribution in [3.63, 3.8) is 0 Å². The first-order valence-electron chi connectivity index (χ1n) is 6.27. The second kappa shape index (κ2) is 6.69. The van der Waals surface area contributed by atoms with E-state index in [1.165, 1.54) is 0 Å². The van der Waals surface area contributed by atoms with E-state index < -0.39 is 0 Å². The van der Waals surface area contributed by atoms with Crippen LogP contribution >= 0.6 is 11.3 Å². The van der Waals surface area contributed by atoms with Gasteiger partial charge in [0.15, 0.2) is 0 Å². The number of thiazole rings is 1. The number of aryl methyl sites for hydroxylation is 1. The summed E-state index contributed by atoms with van der Waals surface area (Å²) in [5.41, 5.74) is 4.85. The molecule has 0 aliphatic carbocycles. The second-order valence-corrected chi connectivity index (χ2v) is 5.36. The lowest BCUT2D eigenvalue weighted by Gasteiger charge is -2.18. The van der Waals surface area contributed by atoms with Crippen LogP contribution in [0.15, 0.2) is 23.6 Å². The van der Waals surface area contributed by atoms with Gasteiger partial charge in [0.1, 0.15) is 11.5 Å². The molecule has 0 fully saturated rings. The van der Waals surface area contributed by atoms with E-state index in [1.807, 2.05) is 30.5 Å². The highest BCUT2D eigenvalue weighted by Gasteiger charge is 2.17. The van der Waals surface area contributed by atoms with Crippen LogP contribution in [0.3, 0.4) is 0 Å². The lowest BCUT2D eigenvalue weighted by molar-refractivity contribution is 0.384. The summed E-state index contributed by atoms with van der Waals surface area (Å²) in [7, 11) is 3.27. The first kappa shape index (κ1) is 14.8. The number of rotatable bonds is 6. The minimum Gasteiger partial charge on any atom is -0.497 e. The molecule has 5 nitrogen and oxygen atoms in total. The van der Waals surface area contributed by atoms with E-state index in [1.54, 1.807) is 25.6 Å². The molecule has 0 saturated carbocycles. The third-order valence-electron chi connectivity index (χ3n) is 3.06. The van der Waals surface area contributed by atoms with E-state index in [4.69, 9.17) is 15.3 Å². The maximum absolute atomic E-state index is 5.69. The summed E-state index contributed by atoms with van der Waals surface area (Å²) >= 11 is 1.64. The number of nitrogens with one attached hydrogen (secondary N) is 1. The van der Waals surface area contributed by atoms with Crippen LogP contribution in [0, 0.1) is 6.92 Å². The molecule has 108 valence electrons. The normalized spacial score (nSPS) is 12.2. The highest BCUT2D eigenvalue weighted by atomic mass is 32.1. The highest BCUT2D eigenvalue weighted by Crippen LogP contribution is 2.31. The molecule has 2 rings (SSSR count). The Morgan fingerprint density at radius 2 is 2.15 bits per heavy atom. The van der Waals surface area contributed by atoms with Crippen molar-refractivity contribution in [1.82, 2.24) is 10.4 Å². The van der Waals surface area contributed by atoms with Gasteiger partial charge >= 0.3 is 0 Å². The Bertz CT molecular complexity index is 571. The largest absolute Gasteiger partial charge is 0.497 e. The minimum absolute atomic E-state index is 0.0543. The topological polar surface area (TPSA) is 69.4 Å². The number of hydrogen-bond donors (Lipinski definition) is 2. The fourth-order valence-corrected chi connectivity index (χ4v) is 2.85. The maximum atomic E-state index is 5.69. The molecule has 6 heteroatoms. The Morgan fingerprint density at radius 3 is 2.70 bits per heavy atom. The van der Waals surface area contributed by atoms with Gasteiger partial charge in [0, 0.05) is 29.1 Å². The summed E-state index contributed by atoms with van der Waals surface area (Å²) in [6, 6.07) is 5.66. The van der Waals surface area contributed by atoms with E-state index in [2.05, 4.69) is 10.4 Å². The fraction of sp³-hybridized carbons (Fsp3) is 0.357. The van der Waals surface area contributed by atoms with Gasteiger partial charge in [-0.2, -0.15) is 0 Å². The maximum Gasteiger partial charge on any atom is 0.127 e. The smallest absolute Gasteiger partial charge is 0.127 e. The van der Waals surface area contributed by atoms with Crippen molar-refractivity contribution in [1.29, 1.82) is 0 Å². The molecule has 1 unspecified atom stereocenters. The van der Waals surface area contributed by atoms with Crippen LogP contribution in [0.2, 0.25) is 0 Å². The molecular formula is C14H19N3O2S. The average molecular weight is 293 g/mol. The first-order chi connectivity index (χ1) is 9.67. The van der Waals surface area contributed by atoms with Crippen LogP contribution in [0.5, 0.6) is 11.5 Å². The molecule has 1 aromatic carbocycles. The van der Waals surface area contributed by atoms with Gasteiger partial charge in [-0.3, -0.25) is 11.3 Å². The van der Waals surface area contributed by atoms with Crippen molar-refractivity contribution in [3.8, 4) is 11.5 Å². The van der Waals surface area contributed by atoms with Gasteiger partial charge in [0.2, 0.25) is 0 Å². The molecule has 0 saturated heterocycles. The Labute approximate surface area is 122 Å². The van der Waals surface area contributed by atoms with Gasteiger partial charge in [-0.15, -0.1) is 11.3 Å². The van der Waals surface area contributed by atoms with Gasteiger partial charge in [-0.05, 0) is 13.0 Å². The number of methoxy groups -OCH3 is 2. The summed E-state index contributed by atoms with van der Waals surface area (Å²) in [6.07, 6.45) is 0.720. The van der Waals surface area contributed by atoms with E-state index in [-0.39, 0.29) is 6.04 Å². The molecule has 3 N–H and O–H groups in total. The lowest BCUT2D eigenvalue weighted by atomic mass is 10.0. The van der Waals surface area contributed by atoms with Gasteiger partial charge in [-0.1, -0.05) is 6.07 Å². The van der Waals surface area contributed by atoms with Crippen LogP contribution in [0.4, 0.5) is 0 Å². The number of ether oxygens (including phenoxy) is 2. The SMILES string of the molecule is COc1ccc(C(Cc2nc(C)cs2)NN)c(OC)c1. The summed E-state index contributed by atoms with van der Waals surface area (Å²) in [6.45, 7) is 1.98. The Morgan fingerprint density at radius 1 is 1.35 bits per heavy atom. The van der Waals surface area contributed by atoms with Crippen LogP contribution < -0.4 is 20.7 Å². The summed E-state index contributed by atoms with van der Waals surface area (Å²) < 4.78 is 10.6. The minimum atomic E-state index is -0.0543. The standard InChI is InChI=1S/C14H19N3O2S/c1-9-8-20-14(16-9)7-12(17-15)11-5-4-10(18-2)6-13(11)19-3/h4-6,8,12,17H,7,15H2,1-3H3. The van der Waals surface area contributed by atoms with Crippen molar-refractivity contribution < 1.29 is 9.47 Å². The van der Waals surface area contributed by atoms with Crippen LogP contribution in [-0.4, -0.2) is 19.2 Å². The number of nitrogens with two attached hydrogens (primary N) is 1. The predicted octanol–water partition coefficient (Wildman–Crippen LogP) is 2.22. The molecule has 20 heavy (non-hydrogen) atoms. The Hall–Kier alpha value is -1.63. The molecular weight excluding hydrogens is 274 g/mol. The van der Waals surface area contributed by atoms with E-state index >= 15 is 0 Å². The average Bonchev–Trinajstić information content (AvgIpc) is 2.89. The van der Waals surface area contributed by atoms with Crippen LogP contribution in [0.25, 0.3) is 0 Å². The zero-order valence-corrected chi connectivity index (χ0v) is 12.7. The Balaban J connectivity index is 2.26. The highest BCUT2D eigenvalue weighted by molar-refractivity contribution is 7.09. The third kappa shape index (κ3) is 3.27. The number of hydrazine groups is 1. The van der Waals surface area contributed by atoms with Gasteiger partial charge in [0.25, 0.3) is 0 Å². The summed E-state index contributed by atoms with van der Waals surface area (Å²) in [5.74, 6) is 7.20. The van der Waals surface area contributed by atoms with Crippen molar-refractivity contribution in [2.24, 2.45) is 5.84 Å². The zero-order chi connectivity index (χ0) is 14.5. The van der Waals surface area contributed by atoms with Crippen molar-refractivity contribution in [2.45, 2.75) is 19.4 Å². The second-order valence-electron chi connectivity index (χ2n) is 4.41. The molecule has 1 aromatic heterocycles. The predicted molar refractivity (Wildman–Crippen MR) is 80.2 cm³/mol. The number of hydrogen-bond acceptors (Lipinski definition) is 6. The van der Waals surface area contributed by atoms with E-state index in [9.17, 15) is 0 Å². The molecule has 0 bridgehead atoms. The number of aromatic nitrogens is 1. The summed E-state index contributed by atoms with van der Waals surface area (Å²) in [5, 5.41) is 3.08. The molecule has 0 aliphatic rings. The van der Waals surface area contributed by atoms with Gasteiger partial charge < -0.3 is 9.47 Å². The molecule has 0 amide bonds. The third-order valence-corrected chi connectivity index (χ3v) is 4.05. The number of benzene rings is 1. The van der Waals surface area contributed by atoms with E-state index in [0.717, 1.165) is 34.2 Å². The molecule has 0 spiro atoms. The van der Waals surface area contributed by atoms with Crippen molar-refractivity contribution in [2.75, 3.05) is 14.2 Å². The van der Waals surface area contributed by atoms with Crippen molar-refractivity contribution in [3.05, 3.63) is 39.8 Å². The molecule has 0 radical (unpaired) electrons. The quantitative estimate of drug-likeness (QED) is 0.631. The van der Waals surface area contributed by atoms with Gasteiger partial charge in [-0.25, -0.2) is 4.98 Å². The van der Waals surface area contributed by atoms with Crippen LogP contribution in [0.1, 0.15) is 22.3 Å². The fourth-order valence-electron chi connectivity index (χ4n) is 2.04. The molecule has 2 aromatic rings. The molecule has 0 aliphatic heterocycles. The summed E-state index contributed by atoms with van der Waals surface area (Å²) in [4.78, 5) is 4.47.